The van der Waals surface area contributed by atoms with Gasteiger partial charge in [0.1, 0.15) is 22.5 Å². The fourth-order valence-corrected chi connectivity index (χ4v) is 4.15. The second-order valence-electron chi connectivity index (χ2n) is 9.85. The maximum absolute atomic E-state index is 12.3. The summed E-state index contributed by atoms with van der Waals surface area (Å²) in [4.78, 5) is 13.7. The van der Waals surface area contributed by atoms with Crippen LogP contribution in [0.4, 0.5) is 0 Å². The predicted molar refractivity (Wildman–Crippen MR) is 137 cm³/mol. The molecule has 0 bridgehead atoms. The number of aromatic nitrogens is 3. The van der Waals surface area contributed by atoms with Gasteiger partial charge in [0.05, 0.1) is 11.6 Å². The van der Waals surface area contributed by atoms with Crippen molar-refractivity contribution < 1.29 is 14.6 Å². The van der Waals surface area contributed by atoms with Gasteiger partial charge in [0.25, 0.3) is 0 Å². The van der Waals surface area contributed by atoms with Gasteiger partial charge in [-0.1, -0.05) is 83.5 Å². The predicted octanol–water partition coefficient (Wildman–Crippen LogP) is 6.91. The summed E-state index contributed by atoms with van der Waals surface area (Å²) in [7, 11) is 0. The molecule has 3 aromatic rings. The third-order valence-electron chi connectivity index (χ3n) is 5.91. The molecule has 34 heavy (non-hydrogen) atoms. The van der Waals surface area contributed by atoms with Crippen molar-refractivity contribution >= 4 is 28.6 Å². The van der Waals surface area contributed by atoms with Gasteiger partial charge < -0.3 is 9.84 Å². The normalized spacial score (nSPS) is 11.8. The van der Waals surface area contributed by atoms with E-state index in [4.69, 9.17) is 16.3 Å². The van der Waals surface area contributed by atoms with Crippen LogP contribution in [0.2, 0.25) is 5.02 Å². The van der Waals surface area contributed by atoms with Crippen molar-refractivity contribution in [2.45, 2.75) is 84.5 Å². The molecule has 0 radical (unpaired) electrons. The van der Waals surface area contributed by atoms with E-state index in [1.54, 1.807) is 6.07 Å². The molecule has 0 atom stereocenters. The molecule has 1 heterocycles. The van der Waals surface area contributed by atoms with Crippen molar-refractivity contribution in [3.05, 3.63) is 46.5 Å². The van der Waals surface area contributed by atoms with Crippen molar-refractivity contribution in [1.82, 2.24) is 15.0 Å². The summed E-state index contributed by atoms with van der Waals surface area (Å²) in [6, 6.07) is 9.19. The van der Waals surface area contributed by atoms with Crippen LogP contribution in [0.3, 0.4) is 0 Å². The lowest BCUT2D eigenvalue weighted by molar-refractivity contribution is -0.143. The third kappa shape index (κ3) is 6.72. The highest BCUT2D eigenvalue weighted by atomic mass is 35.5. The molecule has 0 unspecified atom stereocenters. The minimum atomic E-state index is -0.308. The second kappa shape index (κ2) is 11.7. The van der Waals surface area contributed by atoms with Gasteiger partial charge in [-0.15, -0.1) is 15.0 Å². The lowest BCUT2D eigenvalue weighted by Crippen LogP contribution is -2.14. The molecule has 0 fully saturated rings. The molecule has 0 saturated carbocycles. The van der Waals surface area contributed by atoms with Crippen LogP contribution in [0.5, 0.6) is 5.75 Å². The molecule has 0 saturated heterocycles. The Morgan fingerprint density at radius 1 is 1.09 bits per heavy atom. The minimum Gasteiger partial charge on any atom is -0.505 e. The Kier molecular flexibility index (Phi) is 8.95. The summed E-state index contributed by atoms with van der Waals surface area (Å²) in [5.41, 5.74) is 3.07. The number of unbranched alkanes of at least 4 members (excludes halogenated alkanes) is 5. The number of phenolic OH excluding ortho intramolecular Hbond substituents is 1. The highest BCUT2D eigenvalue weighted by molar-refractivity contribution is 6.34. The molecule has 184 valence electrons. The molecule has 0 aliphatic heterocycles. The molecule has 1 aromatic heterocycles. The maximum atomic E-state index is 12.3. The second-order valence-corrected chi connectivity index (χ2v) is 10.3. The fourth-order valence-electron chi connectivity index (χ4n) is 3.94. The number of aromatic hydroxyl groups is 1. The van der Waals surface area contributed by atoms with Crippen LogP contribution < -0.4 is 0 Å². The highest BCUT2D eigenvalue weighted by Crippen LogP contribution is 2.36. The smallest absolute Gasteiger partial charge is 0.306 e. The number of halogens is 1. The molecule has 6 nitrogen and oxygen atoms in total. The zero-order valence-corrected chi connectivity index (χ0v) is 21.5. The van der Waals surface area contributed by atoms with Gasteiger partial charge in [0.15, 0.2) is 0 Å². The fraction of sp³-hybridized carbons (Fsp3) is 0.519. The molecule has 0 aliphatic rings. The number of esters is 1. The quantitative estimate of drug-likeness (QED) is 0.236. The Bertz CT molecular complexity index is 1120. The Labute approximate surface area is 207 Å². The topological polar surface area (TPSA) is 77.2 Å². The van der Waals surface area contributed by atoms with Gasteiger partial charge in [0.2, 0.25) is 0 Å². The monoisotopic (exact) mass is 485 g/mol. The maximum Gasteiger partial charge on any atom is 0.306 e. The van der Waals surface area contributed by atoms with Crippen molar-refractivity contribution in [2.24, 2.45) is 0 Å². The number of hydrogen-bond donors (Lipinski definition) is 1. The number of fused-ring (bicyclic) bond motifs is 1. The van der Waals surface area contributed by atoms with Gasteiger partial charge in [-0.3, -0.25) is 4.79 Å². The Morgan fingerprint density at radius 2 is 1.82 bits per heavy atom. The summed E-state index contributed by atoms with van der Waals surface area (Å²) in [5, 5.41) is 20.6. The van der Waals surface area contributed by atoms with E-state index in [2.05, 4.69) is 17.1 Å². The van der Waals surface area contributed by atoms with E-state index in [1.165, 1.54) is 30.5 Å². The zero-order valence-electron chi connectivity index (χ0n) is 20.7. The van der Waals surface area contributed by atoms with Crippen molar-refractivity contribution in [3.8, 4) is 11.4 Å². The van der Waals surface area contributed by atoms with E-state index in [-0.39, 0.29) is 23.6 Å². The zero-order chi connectivity index (χ0) is 24.7. The van der Waals surface area contributed by atoms with E-state index >= 15 is 0 Å². The molecule has 0 spiro atoms. The summed E-state index contributed by atoms with van der Waals surface area (Å²) in [5.74, 6) is -0.0754. The number of benzene rings is 2. The standard InChI is InChI=1S/C27H36ClN3O3/c1-5-6-7-8-9-10-16-34-24(32)15-14-19-17-20(27(2,3)4)26(33)23(18-19)31-29-22-13-11-12-21(28)25(22)30-31/h11-13,17-18,33H,5-10,14-16H2,1-4H3. The van der Waals surface area contributed by atoms with Gasteiger partial charge in [-0.05, 0) is 42.0 Å². The van der Waals surface area contributed by atoms with Gasteiger partial charge >= 0.3 is 5.97 Å². The third-order valence-corrected chi connectivity index (χ3v) is 6.22. The number of nitrogens with zero attached hydrogens (tertiary/aromatic N) is 3. The van der Waals surface area contributed by atoms with E-state index in [1.807, 2.05) is 45.0 Å². The number of carbonyl (C=O) groups is 1. The first kappa shape index (κ1) is 26.0. The molecule has 3 rings (SSSR count). The SMILES string of the molecule is CCCCCCCCOC(=O)CCc1cc(-n2nc3cccc(Cl)c3n2)c(O)c(C(C)(C)C)c1. The lowest BCUT2D eigenvalue weighted by atomic mass is 9.84. The number of ether oxygens (including phenoxy) is 1. The van der Waals surface area contributed by atoms with Crippen molar-refractivity contribution in [2.75, 3.05) is 6.61 Å². The summed E-state index contributed by atoms with van der Waals surface area (Å²) in [6.45, 7) is 8.78. The number of aryl methyl sites for hydroxylation is 1. The molecule has 7 heteroatoms. The van der Waals surface area contributed by atoms with E-state index in [9.17, 15) is 9.90 Å². The number of phenols is 1. The molecular weight excluding hydrogens is 450 g/mol. The Balaban J connectivity index is 1.72. The summed E-state index contributed by atoms with van der Waals surface area (Å²) in [6.07, 6.45) is 7.73. The largest absolute Gasteiger partial charge is 0.505 e. The first-order valence-electron chi connectivity index (χ1n) is 12.2. The van der Waals surface area contributed by atoms with E-state index < -0.39 is 0 Å². The van der Waals surface area contributed by atoms with Crippen LogP contribution in [-0.2, 0) is 21.4 Å². The first-order valence-corrected chi connectivity index (χ1v) is 12.6. The van der Waals surface area contributed by atoms with E-state index in [0.29, 0.717) is 34.8 Å². The highest BCUT2D eigenvalue weighted by Gasteiger charge is 2.23. The van der Waals surface area contributed by atoms with Crippen molar-refractivity contribution in [3.63, 3.8) is 0 Å². The molecule has 0 aliphatic carbocycles. The first-order chi connectivity index (χ1) is 16.2. The van der Waals surface area contributed by atoms with Crippen LogP contribution in [-0.4, -0.2) is 32.7 Å². The summed E-state index contributed by atoms with van der Waals surface area (Å²) < 4.78 is 5.43. The van der Waals surface area contributed by atoms with Gasteiger partial charge in [-0.25, -0.2) is 0 Å². The molecule has 0 amide bonds. The average Bonchev–Trinajstić information content (AvgIpc) is 3.22. The van der Waals surface area contributed by atoms with Crippen LogP contribution in [0, 0.1) is 0 Å². The van der Waals surface area contributed by atoms with Crippen LogP contribution in [0.25, 0.3) is 16.7 Å². The number of hydrogen-bond acceptors (Lipinski definition) is 5. The molecule has 2 aromatic carbocycles. The van der Waals surface area contributed by atoms with Crippen LogP contribution >= 0.6 is 11.6 Å². The average molecular weight is 486 g/mol. The number of rotatable bonds is 11. The minimum absolute atomic E-state index is 0.123. The number of carbonyl (C=O) groups excluding carboxylic acids is 1. The Morgan fingerprint density at radius 3 is 2.53 bits per heavy atom. The van der Waals surface area contributed by atoms with Crippen LogP contribution in [0.1, 0.15) is 83.8 Å². The Hall–Kier alpha value is -2.60. The van der Waals surface area contributed by atoms with Gasteiger partial charge in [0, 0.05) is 12.0 Å². The van der Waals surface area contributed by atoms with Crippen molar-refractivity contribution in [1.29, 1.82) is 0 Å². The molecular formula is C27H36ClN3O3. The molecule has 1 N–H and O–H groups in total. The van der Waals surface area contributed by atoms with E-state index in [0.717, 1.165) is 24.0 Å². The lowest BCUT2D eigenvalue weighted by Gasteiger charge is -2.23. The van der Waals surface area contributed by atoms with Crippen LogP contribution in [0.15, 0.2) is 30.3 Å². The van der Waals surface area contributed by atoms with Gasteiger partial charge in [-0.2, -0.15) is 0 Å². The summed E-state index contributed by atoms with van der Waals surface area (Å²) >= 11 is 6.27.